The van der Waals surface area contributed by atoms with Gasteiger partial charge in [-0.25, -0.2) is 4.79 Å². The van der Waals surface area contributed by atoms with Gasteiger partial charge in [0.15, 0.2) is 11.4 Å². The van der Waals surface area contributed by atoms with Crippen LogP contribution in [0.15, 0.2) is 22.7 Å². The first-order valence-corrected chi connectivity index (χ1v) is 5.28. The van der Waals surface area contributed by atoms with E-state index in [1.54, 1.807) is 13.8 Å². The van der Waals surface area contributed by atoms with Crippen molar-refractivity contribution in [1.82, 2.24) is 5.16 Å². The number of benzene rings is 1. The van der Waals surface area contributed by atoms with Crippen LogP contribution in [0.2, 0.25) is 0 Å². The highest BCUT2D eigenvalue weighted by Gasteiger charge is 2.28. The van der Waals surface area contributed by atoms with Gasteiger partial charge in [0.05, 0.1) is 5.39 Å². The van der Waals surface area contributed by atoms with Crippen LogP contribution in [0.5, 0.6) is 0 Å². The minimum Gasteiger partial charge on any atom is -0.480 e. The summed E-state index contributed by atoms with van der Waals surface area (Å²) in [6, 6.07) is 5.65. The molecule has 0 saturated heterocycles. The van der Waals surface area contributed by atoms with Crippen molar-refractivity contribution in [2.45, 2.75) is 26.3 Å². The molecule has 1 aromatic heterocycles. The van der Waals surface area contributed by atoms with Crippen LogP contribution in [0.1, 0.15) is 19.4 Å². The number of nitrogens with zero attached hydrogens (tertiary/aromatic N) is 1. The number of anilines is 1. The summed E-state index contributed by atoms with van der Waals surface area (Å²) in [5, 5.41) is 16.6. The molecular formula is C12H14N2O3. The lowest BCUT2D eigenvalue weighted by atomic mass is 10.1. The number of aromatic nitrogens is 1. The predicted molar refractivity (Wildman–Crippen MR) is 64.1 cm³/mol. The van der Waals surface area contributed by atoms with E-state index >= 15 is 0 Å². The fraction of sp³-hybridized carbons (Fsp3) is 0.333. The molecule has 0 amide bonds. The summed E-state index contributed by atoms with van der Waals surface area (Å²) in [6.45, 7) is 5.07. The molecule has 5 heteroatoms. The fourth-order valence-corrected chi connectivity index (χ4v) is 1.54. The number of hydrogen-bond acceptors (Lipinski definition) is 4. The average molecular weight is 234 g/mol. The number of aliphatic carboxylic acids is 1. The van der Waals surface area contributed by atoms with Crippen molar-refractivity contribution in [3.8, 4) is 0 Å². The monoisotopic (exact) mass is 234 g/mol. The zero-order valence-electron chi connectivity index (χ0n) is 9.94. The molecular weight excluding hydrogens is 220 g/mol. The molecule has 2 N–H and O–H groups in total. The summed E-state index contributed by atoms with van der Waals surface area (Å²) in [5.74, 6) is -0.489. The van der Waals surface area contributed by atoms with Gasteiger partial charge in [0.2, 0.25) is 0 Å². The Balaban J connectivity index is 2.44. The number of hydrogen-bond donors (Lipinski definition) is 2. The van der Waals surface area contributed by atoms with E-state index in [-0.39, 0.29) is 0 Å². The molecule has 0 aliphatic carbocycles. The number of carboxylic acids is 1. The number of carbonyl (C=O) groups is 1. The quantitative estimate of drug-likeness (QED) is 0.852. The highest BCUT2D eigenvalue weighted by molar-refractivity contribution is 5.92. The first-order chi connectivity index (χ1) is 7.92. The second kappa shape index (κ2) is 3.76. The van der Waals surface area contributed by atoms with Crippen LogP contribution >= 0.6 is 0 Å². The predicted octanol–water partition coefficient (Wildman–Crippen LogP) is 2.41. The molecule has 0 saturated carbocycles. The van der Waals surface area contributed by atoms with Crippen LogP contribution in [-0.4, -0.2) is 21.8 Å². The van der Waals surface area contributed by atoms with Crippen molar-refractivity contribution in [1.29, 1.82) is 0 Å². The zero-order chi connectivity index (χ0) is 12.6. The van der Waals surface area contributed by atoms with E-state index in [0.717, 1.165) is 10.9 Å². The number of aryl methyl sites for hydroxylation is 1. The molecule has 2 rings (SSSR count). The molecule has 5 nitrogen and oxygen atoms in total. The van der Waals surface area contributed by atoms with Crippen LogP contribution in [-0.2, 0) is 4.79 Å². The molecule has 0 radical (unpaired) electrons. The lowest BCUT2D eigenvalue weighted by Gasteiger charge is -2.20. The van der Waals surface area contributed by atoms with Crippen molar-refractivity contribution >= 4 is 22.8 Å². The first kappa shape index (κ1) is 11.4. The smallest absolute Gasteiger partial charge is 0.328 e. The highest BCUT2D eigenvalue weighted by atomic mass is 16.5. The number of nitrogens with one attached hydrogen (secondary N) is 1. The van der Waals surface area contributed by atoms with E-state index < -0.39 is 11.5 Å². The average Bonchev–Trinajstić information content (AvgIpc) is 2.62. The Bertz CT molecular complexity index is 572. The van der Waals surface area contributed by atoms with Crippen LogP contribution in [0.4, 0.5) is 5.82 Å². The maximum absolute atomic E-state index is 11.0. The molecule has 0 fully saturated rings. The third-order valence-corrected chi connectivity index (χ3v) is 2.66. The second-order valence-electron chi connectivity index (χ2n) is 4.54. The molecule has 0 atom stereocenters. The van der Waals surface area contributed by atoms with Gasteiger partial charge in [-0.15, -0.1) is 0 Å². The van der Waals surface area contributed by atoms with Crippen LogP contribution in [0.3, 0.4) is 0 Å². The SMILES string of the molecule is Cc1cccc2c(NC(C)(C)C(=O)O)noc12. The van der Waals surface area contributed by atoms with Crippen molar-refractivity contribution in [3.63, 3.8) is 0 Å². The van der Waals surface area contributed by atoms with Crippen LogP contribution in [0.25, 0.3) is 11.0 Å². The Morgan fingerprint density at radius 2 is 2.18 bits per heavy atom. The van der Waals surface area contributed by atoms with Gasteiger partial charge >= 0.3 is 5.97 Å². The summed E-state index contributed by atoms with van der Waals surface area (Å²) in [7, 11) is 0. The van der Waals surface area contributed by atoms with E-state index in [1.807, 2.05) is 25.1 Å². The molecule has 2 aromatic rings. The van der Waals surface area contributed by atoms with Crippen molar-refractivity contribution in [3.05, 3.63) is 23.8 Å². The van der Waals surface area contributed by atoms with Crippen molar-refractivity contribution in [2.75, 3.05) is 5.32 Å². The van der Waals surface area contributed by atoms with Gasteiger partial charge in [-0.1, -0.05) is 17.3 Å². The van der Waals surface area contributed by atoms with Gasteiger partial charge in [0.1, 0.15) is 5.54 Å². The summed E-state index contributed by atoms with van der Waals surface area (Å²) < 4.78 is 5.20. The van der Waals surface area contributed by atoms with Gasteiger partial charge in [-0.2, -0.15) is 0 Å². The largest absolute Gasteiger partial charge is 0.480 e. The number of para-hydroxylation sites is 1. The van der Waals surface area contributed by atoms with Crippen LogP contribution < -0.4 is 5.32 Å². The summed E-state index contributed by atoms with van der Waals surface area (Å²) in [6.07, 6.45) is 0. The normalized spacial score (nSPS) is 11.7. The number of rotatable bonds is 3. The molecule has 1 heterocycles. The Hall–Kier alpha value is -2.04. The molecule has 90 valence electrons. The summed E-state index contributed by atoms with van der Waals surface area (Å²) in [4.78, 5) is 11.0. The molecule has 17 heavy (non-hydrogen) atoms. The van der Waals surface area contributed by atoms with Gasteiger partial charge in [0.25, 0.3) is 0 Å². The van der Waals surface area contributed by atoms with Gasteiger partial charge < -0.3 is 14.9 Å². The third-order valence-electron chi connectivity index (χ3n) is 2.66. The van der Waals surface area contributed by atoms with E-state index in [2.05, 4.69) is 10.5 Å². The zero-order valence-corrected chi connectivity index (χ0v) is 9.94. The highest BCUT2D eigenvalue weighted by Crippen LogP contribution is 2.27. The Morgan fingerprint density at radius 1 is 1.47 bits per heavy atom. The summed E-state index contributed by atoms with van der Waals surface area (Å²) >= 11 is 0. The fourth-order valence-electron chi connectivity index (χ4n) is 1.54. The molecule has 0 aliphatic heterocycles. The maximum Gasteiger partial charge on any atom is 0.328 e. The molecule has 0 bridgehead atoms. The van der Waals surface area contributed by atoms with E-state index in [1.165, 1.54) is 0 Å². The lowest BCUT2D eigenvalue weighted by Crippen LogP contribution is -2.40. The van der Waals surface area contributed by atoms with E-state index in [4.69, 9.17) is 9.63 Å². The molecule has 0 unspecified atom stereocenters. The lowest BCUT2D eigenvalue weighted by molar-refractivity contribution is -0.141. The maximum atomic E-state index is 11.0. The third kappa shape index (κ3) is 1.95. The minimum atomic E-state index is -1.09. The second-order valence-corrected chi connectivity index (χ2v) is 4.54. The molecule has 1 aromatic carbocycles. The standard InChI is InChI=1S/C12H14N2O3/c1-7-5-4-6-8-9(7)17-14-10(8)13-12(2,3)11(15)16/h4-6H,1-3H3,(H,13,14)(H,15,16). The summed E-state index contributed by atoms with van der Waals surface area (Å²) in [5.41, 5.74) is 0.556. The van der Waals surface area contributed by atoms with E-state index in [9.17, 15) is 4.79 Å². The van der Waals surface area contributed by atoms with Crippen molar-refractivity contribution in [2.24, 2.45) is 0 Å². The van der Waals surface area contributed by atoms with Gasteiger partial charge in [-0.05, 0) is 32.4 Å². The van der Waals surface area contributed by atoms with Gasteiger partial charge in [-0.3, -0.25) is 0 Å². The topological polar surface area (TPSA) is 75.4 Å². The Morgan fingerprint density at radius 3 is 2.82 bits per heavy atom. The van der Waals surface area contributed by atoms with E-state index in [0.29, 0.717) is 11.4 Å². The Kier molecular flexibility index (Phi) is 2.53. The van der Waals surface area contributed by atoms with Crippen molar-refractivity contribution < 1.29 is 14.4 Å². The number of carboxylic acid groups (broad SMARTS) is 1. The van der Waals surface area contributed by atoms with Gasteiger partial charge in [0, 0.05) is 0 Å². The Labute approximate surface area is 98.4 Å². The molecule has 0 spiro atoms. The first-order valence-electron chi connectivity index (χ1n) is 5.28. The van der Waals surface area contributed by atoms with Crippen LogP contribution in [0, 0.1) is 6.92 Å². The number of fused-ring (bicyclic) bond motifs is 1. The minimum absolute atomic E-state index is 0.455. The molecule has 0 aliphatic rings.